The maximum atomic E-state index is 12.1. The Morgan fingerprint density at radius 3 is 2.96 bits per heavy atom. The van der Waals surface area contributed by atoms with Gasteiger partial charge in [-0.05, 0) is 31.4 Å². The van der Waals surface area contributed by atoms with Crippen LogP contribution in [0.3, 0.4) is 0 Å². The predicted molar refractivity (Wildman–Crippen MR) is 90.6 cm³/mol. The Labute approximate surface area is 135 Å². The van der Waals surface area contributed by atoms with Gasteiger partial charge in [-0.15, -0.1) is 5.10 Å². The Hall–Kier alpha value is -2.31. The normalized spacial score (nSPS) is 16.8. The van der Waals surface area contributed by atoms with Gasteiger partial charge in [0.2, 0.25) is 0 Å². The monoisotopic (exact) mass is 316 g/mol. The van der Waals surface area contributed by atoms with E-state index < -0.39 is 0 Å². The van der Waals surface area contributed by atoms with Crippen molar-refractivity contribution in [3.8, 4) is 0 Å². The minimum Gasteiger partial charge on any atom is -0.370 e. The molecule has 0 aromatic carbocycles. The van der Waals surface area contributed by atoms with Crippen LogP contribution in [0.5, 0.6) is 0 Å². The first-order valence-electron chi connectivity index (χ1n) is 8.35. The van der Waals surface area contributed by atoms with Crippen molar-refractivity contribution in [2.75, 3.05) is 6.54 Å². The molecule has 0 atom stereocenters. The molecule has 1 fully saturated rings. The molecule has 1 aliphatic rings. The molecule has 0 aliphatic heterocycles. The molecule has 3 N–H and O–H groups in total. The summed E-state index contributed by atoms with van der Waals surface area (Å²) in [5.74, 6) is 0.513. The number of aromatic nitrogens is 3. The van der Waals surface area contributed by atoms with E-state index in [9.17, 15) is 4.79 Å². The molecule has 1 saturated carbocycles. The van der Waals surface area contributed by atoms with Crippen molar-refractivity contribution in [3.63, 3.8) is 0 Å². The highest BCUT2D eigenvalue weighted by Crippen LogP contribution is 2.16. The Morgan fingerprint density at radius 2 is 2.17 bits per heavy atom. The molecule has 1 aliphatic carbocycles. The standard InChI is InChI=1S/C16H24N6O/c17-15(19-13-7-2-1-3-8-13)18-10-6-12-22-16(23)21-11-5-4-9-14(21)20-22/h4-5,9,11,13H,1-3,6-8,10,12H2,(H3,17,18,19). The van der Waals surface area contributed by atoms with E-state index in [-0.39, 0.29) is 5.69 Å². The van der Waals surface area contributed by atoms with Crippen LogP contribution in [0.15, 0.2) is 34.2 Å². The van der Waals surface area contributed by atoms with Crippen molar-refractivity contribution in [2.45, 2.75) is 51.1 Å². The molecule has 7 nitrogen and oxygen atoms in total. The lowest BCUT2D eigenvalue weighted by atomic mass is 9.96. The summed E-state index contributed by atoms with van der Waals surface area (Å²) in [6.45, 7) is 1.13. The fourth-order valence-corrected chi connectivity index (χ4v) is 3.04. The van der Waals surface area contributed by atoms with Crippen molar-refractivity contribution in [1.29, 1.82) is 0 Å². The topological polar surface area (TPSA) is 89.7 Å². The highest BCUT2D eigenvalue weighted by molar-refractivity contribution is 5.78. The first kappa shape index (κ1) is 15.6. The lowest BCUT2D eigenvalue weighted by Crippen LogP contribution is -2.41. The predicted octanol–water partition coefficient (Wildman–Crippen LogP) is 1.12. The molecule has 2 aromatic rings. The van der Waals surface area contributed by atoms with E-state index in [0.717, 1.165) is 6.42 Å². The van der Waals surface area contributed by atoms with Gasteiger partial charge in [-0.25, -0.2) is 9.48 Å². The van der Waals surface area contributed by atoms with Crippen molar-refractivity contribution < 1.29 is 0 Å². The maximum absolute atomic E-state index is 12.1. The molecule has 2 heterocycles. The second-order valence-corrected chi connectivity index (χ2v) is 6.03. The number of guanidine groups is 1. The van der Waals surface area contributed by atoms with Crippen LogP contribution in [0, 0.1) is 0 Å². The molecule has 2 aromatic heterocycles. The summed E-state index contributed by atoms with van der Waals surface area (Å²) in [7, 11) is 0. The van der Waals surface area contributed by atoms with Gasteiger partial charge in [0.1, 0.15) is 0 Å². The molecule has 0 amide bonds. The minimum atomic E-state index is -0.113. The lowest BCUT2D eigenvalue weighted by molar-refractivity contribution is 0.412. The third kappa shape index (κ3) is 3.91. The van der Waals surface area contributed by atoms with E-state index in [1.165, 1.54) is 36.8 Å². The number of nitrogens with zero attached hydrogens (tertiary/aromatic N) is 4. The number of aryl methyl sites for hydroxylation is 1. The molecule has 0 saturated heterocycles. The van der Waals surface area contributed by atoms with Crippen molar-refractivity contribution in [1.82, 2.24) is 19.5 Å². The van der Waals surface area contributed by atoms with Gasteiger partial charge < -0.3 is 11.1 Å². The van der Waals surface area contributed by atoms with E-state index in [4.69, 9.17) is 5.73 Å². The molecule has 0 spiro atoms. The molecule has 23 heavy (non-hydrogen) atoms. The number of hydrogen-bond donors (Lipinski definition) is 2. The Kier molecular flexibility index (Phi) is 4.95. The Balaban J connectivity index is 1.49. The van der Waals surface area contributed by atoms with Crippen molar-refractivity contribution in [2.24, 2.45) is 10.7 Å². The average molecular weight is 316 g/mol. The van der Waals surface area contributed by atoms with Crippen LogP contribution in [0.25, 0.3) is 5.65 Å². The number of nitrogens with one attached hydrogen (secondary N) is 1. The van der Waals surface area contributed by atoms with Crippen LogP contribution in [0.4, 0.5) is 0 Å². The van der Waals surface area contributed by atoms with E-state index in [0.29, 0.717) is 30.7 Å². The molecule has 3 rings (SSSR count). The highest BCUT2D eigenvalue weighted by Gasteiger charge is 2.13. The van der Waals surface area contributed by atoms with Crippen molar-refractivity contribution >= 4 is 11.6 Å². The molecule has 0 unspecified atom stereocenters. The molecule has 0 bridgehead atoms. The maximum Gasteiger partial charge on any atom is 0.350 e. The second-order valence-electron chi connectivity index (χ2n) is 6.03. The summed E-state index contributed by atoms with van der Waals surface area (Å²) in [5.41, 5.74) is 6.48. The highest BCUT2D eigenvalue weighted by atomic mass is 16.2. The number of hydrogen-bond acceptors (Lipinski definition) is 3. The molecular weight excluding hydrogens is 292 g/mol. The smallest absolute Gasteiger partial charge is 0.350 e. The lowest BCUT2D eigenvalue weighted by Gasteiger charge is -2.23. The van der Waals surface area contributed by atoms with Crippen LogP contribution in [0.1, 0.15) is 38.5 Å². The fourth-order valence-electron chi connectivity index (χ4n) is 3.04. The Bertz CT molecular complexity index is 725. The Morgan fingerprint density at radius 1 is 1.35 bits per heavy atom. The van der Waals surface area contributed by atoms with Gasteiger partial charge in [0, 0.05) is 25.3 Å². The van der Waals surface area contributed by atoms with Crippen LogP contribution in [-0.2, 0) is 6.54 Å². The second kappa shape index (κ2) is 7.30. The number of aliphatic imine (C=N–C) groups is 1. The first-order valence-corrected chi connectivity index (χ1v) is 8.35. The number of fused-ring (bicyclic) bond motifs is 1. The van der Waals surface area contributed by atoms with Crippen LogP contribution in [0.2, 0.25) is 0 Å². The molecule has 7 heteroatoms. The van der Waals surface area contributed by atoms with Gasteiger partial charge in [0.05, 0.1) is 0 Å². The molecule has 0 radical (unpaired) electrons. The summed E-state index contributed by atoms with van der Waals surface area (Å²) in [4.78, 5) is 16.5. The largest absolute Gasteiger partial charge is 0.370 e. The van der Waals surface area contributed by atoms with Crippen LogP contribution < -0.4 is 16.7 Å². The van der Waals surface area contributed by atoms with Crippen molar-refractivity contribution in [3.05, 3.63) is 34.9 Å². The van der Waals surface area contributed by atoms with Crippen LogP contribution in [-0.4, -0.2) is 32.7 Å². The average Bonchev–Trinajstić information content (AvgIpc) is 2.89. The van der Waals surface area contributed by atoms with Gasteiger partial charge in [0.25, 0.3) is 0 Å². The van der Waals surface area contributed by atoms with E-state index in [1.807, 2.05) is 18.2 Å². The number of pyridine rings is 1. The first-order chi connectivity index (χ1) is 11.2. The summed E-state index contributed by atoms with van der Waals surface area (Å²) < 4.78 is 3.03. The quantitative estimate of drug-likeness (QED) is 0.491. The van der Waals surface area contributed by atoms with Gasteiger partial charge >= 0.3 is 5.69 Å². The third-order valence-corrected chi connectivity index (χ3v) is 4.26. The summed E-state index contributed by atoms with van der Waals surface area (Å²) in [6.07, 6.45) is 8.66. The summed E-state index contributed by atoms with van der Waals surface area (Å²) in [6, 6.07) is 5.98. The zero-order valence-electron chi connectivity index (χ0n) is 13.3. The molecular formula is C16H24N6O. The van der Waals surface area contributed by atoms with Crippen LogP contribution >= 0.6 is 0 Å². The van der Waals surface area contributed by atoms with E-state index in [2.05, 4.69) is 15.4 Å². The van der Waals surface area contributed by atoms with Gasteiger partial charge in [-0.1, -0.05) is 25.3 Å². The number of rotatable bonds is 5. The number of nitrogens with two attached hydrogens (primary N) is 1. The third-order valence-electron chi connectivity index (χ3n) is 4.26. The zero-order valence-corrected chi connectivity index (χ0v) is 13.3. The molecule has 124 valence electrons. The minimum absolute atomic E-state index is 0.113. The van der Waals surface area contributed by atoms with Gasteiger partial charge in [0.15, 0.2) is 11.6 Å². The van der Waals surface area contributed by atoms with Gasteiger partial charge in [-0.2, -0.15) is 0 Å². The van der Waals surface area contributed by atoms with Gasteiger partial charge in [-0.3, -0.25) is 9.39 Å². The van der Waals surface area contributed by atoms with E-state index in [1.54, 1.807) is 10.6 Å². The summed E-state index contributed by atoms with van der Waals surface area (Å²) in [5, 5.41) is 7.58. The summed E-state index contributed by atoms with van der Waals surface area (Å²) >= 11 is 0. The fraction of sp³-hybridized carbons (Fsp3) is 0.562. The SMILES string of the molecule is NC(=NCCCn1nc2ccccn2c1=O)NC1CCCCC1. The van der Waals surface area contributed by atoms with E-state index >= 15 is 0 Å². The zero-order chi connectivity index (χ0) is 16.1.